The Hall–Kier alpha value is -0.490. The van der Waals surface area contributed by atoms with E-state index in [1.165, 1.54) is 6.07 Å². The largest absolute Gasteiger partial charge is 0.462 e. The minimum Gasteiger partial charge on any atom is -0.462 e. The van der Waals surface area contributed by atoms with Crippen molar-refractivity contribution in [1.82, 2.24) is 0 Å². The summed E-state index contributed by atoms with van der Waals surface area (Å²) in [6.07, 6.45) is 4.32. The zero-order chi connectivity index (χ0) is 15.6. The molecule has 1 aromatic rings. The molecule has 0 aliphatic heterocycles. The van der Waals surface area contributed by atoms with Gasteiger partial charge in [-0.05, 0) is 30.9 Å². The van der Waals surface area contributed by atoms with E-state index >= 15 is 0 Å². The highest BCUT2D eigenvalue weighted by Crippen LogP contribution is 2.32. The van der Waals surface area contributed by atoms with Crippen molar-refractivity contribution in [2.24, 2.45) is 5.92 Å². The summed E-state index contributed by atoms with van der Waals surface area (Å²) < 4.78 is 28.0. The normalized spacial score (nSPS) is 16.1. The van der Waals surface area contributed by atoms with E-state index in [9.17, 15) is 13.2 Å². The molecule has 8 heteroatoms. The van der Waals surface area contributed by atoms with Gasteiger partial charge in [0.05, 0.1) is 17.2 Å². The molecule has 1 aromatic carbocycles. The van der Waals surface area contributed by atoms with Crippen LogP contribution in [0.3, 0.4) is 0 Å². The monoisotopic (exact) mass is 370 g/mol. The Morgan fingerprint density at radius 3 is 2.43 bits per heavy atom. The molecule has 1 aliphatic rings. The Kier molecular flexibility index (Phi) is 5.41. The smallest absolute Gasteiger partial charge is 0.339 e. The van der Waals surface area contributed by atoms with Crippen LogP contribution < -0.4 is 0 Å². The van der Waals surface area contributed by atoms with E-state index in [0.29, 0.717) is 12.5 Å². The Balaban J connectivity index is 2.22. The molecule has 0 spiro atoms. The first-order chi connectivity index (χ1) is 9.79. The van der Waals surface area contributed by atoms with E-state index in [4.69, 9.17) is 38.6 Å². The predicted octanol–water partition coefficient (Wildman–Crippen LogP) is 4.27. The van der Waals surface area contributed by atoms with Crippen molar-refractivity contribution < 1.29 is 17.9 Å². The average Bonchev–Trinajstić information content (AvgIpc) is 2.90. The van der Waals surface area contributed by atoms with Gasteiger partial charge in [-0.2, -0.15) is 0 Å². The van der Waals surface area contributed by atoms with Gasteiger partial charge in [0.2, 0.25) is 0 Å². The van der Waals surface area contributed by atoms with Gasteiger partial charge in [-0.3, -0.25) is 0 Å². The predicted molar refractivity (Wildman–Crippen MR) is 81.7 cm³/mol. The SMILES string of the molecule is O=C(OCC1CCCC1)c1cc(Cl)cc(S(=O)(=O)Cl)c1Cl. The number of hydrogen-bond acceptors (Lipinski definition) is 4. The number of carbonyl (C=O) groups is 1. The number of ether oxygens (including phenoxy) is 1. The second-order valence-corrected chi connectivity index (χ2v) is 8.30. The maximum Gasteiger partial charge on any atom is 0.339 e. The summed E-state index contributed by atoms with van der Waals surface area (Å²) in [4.78, 5) is 11.7. The van der Waals surface area contributed by atoms with Crippen LogP contribution >= 0.6 is 33.9 Å². The van der Waals surface area contributed by atoms with E-state index in [0.717, 1.165) is 31.7 Å². The van der Waals surface area contributed by atoms with Crippen molar-refractivity contribution in [2.45, 2.75) is 30.6 Å². The molecule has 0 atom stereocenters. The van der Waals surface area contributed by atoms with Crippen LogP contribution in [0.4, 0.5) is 0 Å². The lowest BCUT2D eigenvalue weighted by Crippen LogP contribution is -2.13. The van der Waals surface area contributed by atoms with Crippen molar-refractivity contribution in [3.8, 4) is 0 Å². The molecule has 2 rings (SSSR count). The number of esters is 1. The van der Waals surface area contributed by atoms with Gasteiger partial charge in [0.15, 0.2) is 0 Å². The zero-order valence-electron chi connectivity index (χ0n) is 10.9. The Labute approximate surface area is 137 Å². The summed E-state index contributed by atoms with van der Waals surface area (Å²) in [6.45, 7) is 0.296. The number of rotatable bonds is 4. The van der Waals surface area contributed by atoms with Gasteiger partial charge < -0.3 is 4.74 Å². The molecule has 0 amide bonds. The highest BCUT2D eigenvalue weighted by molar-refractivity contribution is 8.13. The summed E-state index contributed by atoms with van der Waals surface area (Å²) in [5.74, 6) is -0.348. The second-order valence-electron chi connectivity index (χ2n) is 4.95. The molecule has 21 heavy (non-hydrogen) atoms. The van der Waals surface area contributed by atoms with Gasteiger partial charge in [-0.15, -0.1) is 0 Å². The second kappa shape index (κ2) is 6.73. The summed E-state index contributed by atoms with van der Waals surface area (Å²) in [7, 11) is 1.18. The van der Waals surface area contributed by atoms with Gasteiger partial charge in [-0.1, -0.05) is 36.0 Å². The Bertz CT molecular complexity index is 652. The summed E-state index contributed by atoms with van der Waals surface area (Å²) >= 11 is 11.7. The van der Waals surface area contributed by atoms with Crippen molar-refractivity contribution in [1.29, 1.82) is 0 Å². The van der Waals surface area contributed by atoms with Gasteiger partial charge in [0.1, 0.15) is 4.90 Å². The molecule has 1 saturated carbocycles. The number of halogens is 3. The maximum absolute atomic E-state index is 12.1. The molecule has 0 N–H and O–H groups in total. The lowest BCUT2D eigenvalue weighted by atomic mass is 10.1. The van der Waals surface area contributed by atoms with Crippen molar-refractivity contribution in [2.75, 3.05) is 6.61 Å². The van der Waals surface area contributed by atoms with E-state index in [-0.39, 0.29) is 15.6 Å². The zero-order valence-corrected chi connectivity index (χ0v) is 14.0. The number of benzene rings is 1. The van der Waals surface area contributed by atoms with E-state index in [1.54, 1.807) is 0 Å². The van der Waals surface area contributed by atoms with Crippen LogP contribution in [0.5, 0.6) is 0 Å². The first kappa shape index (κ1) is 16.9. The maximum atomic E-state index is 12.1. The van der Waals surface area contributed by atoms with Gasteiger partial charge in [0, 0.05) is 15.7 Å². The molecular weight excluding hydrogens is 359 g/mol. The standard InChI is InChI=1S/C13H13Cl3O4S/c14-9-5-10(12(15)11(6-9)21(16,18)19)13(17)20-7-8-3-1-2-4-8/h5-6,8H,1-4,7H2. The molecule has 1 fully saturated rings. The Morgan fingerprint density at radius 1 is 1.24 bits per heavy atom. The highest BCUT2D eigenvalue weighted by atomic mass is 35.7. The van der Waals surface area contributed by atoms with E-state index in [2.05, 4.69) is 0 Å². The lowest BCUT2D eigenvalue weighted by molar-refractivity contribution is 0.0442. The Morgan fingerprint density at radius 2 is 1.86 bits per heavy atom. The highest BCUT2D eigenvalue weighted by Gasteiger charge is 2.24. The van der Waals surface area contributed by atoms with Crippen LogP contribution in [0.1, 0.15) is 36.0 Å². The third-order valence-electron chi connectivity index (χ3n) is 3.41. The first-order valence-electron chi connectivity index (χ1n) is 6.40. The van der Waals surface area contributed by atoms with E-state index in [1.807, 2.05) is 0 Å². The fourth-order valence-corrected chi connectivity index (χ4v) is 4.19. The summed E-state index contributed by atoms with van der Waals surface area (Å²) in [5, 5.41) is -0.225. The third-order valence-corrected chi connectivity index (χ3v) is 5.49. The molecular formula is C13H13Cl3O4S. The van der Waals surface area contributed by atoms with Crippen LogP contribution in [-0.4, -0.2) is 21.0 Å². The van der Waals surface area contributed by atoms with Crippen LogP contribution in [0, 0.1) is 5.92 Å². The molecule has 0 heterocycles. The average molecular weight is 372 g/mol. The number of carbonyl (C=O) groups excluding carboxylic acids is 1. The van der Waals surface area contributed by atoms with E-state index < -0.39 is 19.9 Å². The molecule has 0 bridgehead atoms. The molecule has 0 saturated heterocycles. The van der Waals surface area contributed by atoms with Crippen LogP contribution in [0.25, 0.3) is 0 Å². The first-order valence-corrected chi connectivity index (χ1v) is 9.46. The molecule has 1 aliphatic carbocycles. The molecule has 0 radical (unpaired) electrons. The quantitative estimate of drug-likeness (QED) is 0.586. The van der Waals surface area contributed by atoms with Gasteiger partial charge >= 0.3 is 5.97 Å². The number of hydrogen-bond donors (Lipinski definition) is 0. The summed E-state index contributed by atoms with van der Waals surface area (Å²) in [6, 6.07) is 2.37. The minimum atomic E-state index is -4.09. The molecule has 0 aromatic heterocycles. The van der Waals surface area contributed by atoms with Crippen LogP contribution in [-0.2, 0) is 13.8 Å². The lowest BCUT2D eigenvalue weighted by Gasteiger charge is -2.12. The fourth-order valence-electron chi connectivity index (χ4n) is 2.34. The van der Waals surface area contributed by atoms with Crippen molar-refractivity contribution in [3.63, 3.8) is 0 Å². The van der Waals surface area contributed by atoms with Crippen molar-refractivity contribution >= 4 is 48.9 Å². The molecule has 116 valence electrons. The molecule has 0 unspecified atom stereocenters. The topological polar surface area (TPSA) is 60.4 Å². The fraction of sp³-hybridized carbons (Fsp3) is 0.462. The van der Waals surface area contributed by atoms with Gasteiger partial charge in [-0.25, -0.2) is 13.2 Å². The van der Waals surface area contributed by atoms with Gasteiger partial charge in [0.25, 0.3) is 9.05 Å². The third kappa shape index (κ3) is 4.25. The van der Waals surface area contributed by atoms with Crippen LogP contribution in [0.15, 0.2) is 17.0 Å². The summed E-state index contributed by atoms with van der Waals surface area (Å²) in [5.41, 5.74) is -0.0959. The minimum absolute atomic E-state index is 0.0476. The van der Waals surface area contributed by atoms with Crippen molar-refractivity contribution in [3.05, 3.63) is 27.7 Å². The molecule has 4 nitrogen and oxygen atoms in total. The van der Waals surface area contributed by atoms with Crippen LogP contribution in [0.2, 0.25) is 10.0 Å².